The van der Waals surface area contributed by atoms with E-state index in [1.165, 1.54) is 6.92 Å². The van der Waals surface area contributed by atoms with Crippen LogP contribution < -0.4 is 11.2 Å². The predicted octanol–water partition coefficient (Wildman–Crippen LogP) is 0.456. The van der Waals surface area contributed by atoms with E-state index >= 15 is 0 Å². The third-order valence-electron chi connectivity index (χ3n) is 5.88. The van der Waals surface area contributed by atoms with Crippen molar-refractivity contribution in [3.05, 3.63) is 56.4 Å². The van der Waals surface area contributed by atoms with Crippen LogP contribution in [0.25, 0.3) is 0 Å². The highest BCUT2D eigenvalue weighted by Crippen LogP contribution is 2.65. The van der Waals surface area contributed by atoms with Gasteiger partial charge in [0.25, 0.3) is 5.56 Å². The monoisotopic (exact) mass is 700 g/mol. The van der Waals surface area contributed by atoms with Crippen LogP contribution in [0.3, 0.4) is 0 Å². The molecule has 0 aromatic carbocycles. The lowest BCUT2D eigenvalue weighted by Gasteiger charge is -2.39. The van der Waals surface area contributed by atoms with Crippen LogP contribution in [0, 0.1) is 0 Å². The maximum Gasteiger partial charge on any atom is 0.470 e. The molecule has 1 aromatic heterocycles. The van der Waals surface area contributed by atoms with E-state index in [1.807, 2.05) is 19.9 Å². The van der Waals surface area contributed by atoms with Crippen molar-refractivity contribution >= 4 is 31.1 Å². The summed E-state index contributed by atoms with van der Waals surface area (Å²) in [7, 11) is -23.6. The summed E-state index contributed by atoms with van der Waals surface area (Å²) >= 11 is 0. The highest BCUT2D eigenvalue weighted by molar-refractivity contribution is 7.55. The van der Waals surface area contributed by atoms with Gasteiger partial charge in [-0.2, -0.15) is 0 Å². The van der Waals surface area contributed by atoms with E-state index in [0.29, 0.717) is 28.8 Å². The van der Waals surface area contributed by atoms with Gasteiger partial charge in [0.1, 0.15) is 18.3 Å². The van der Waals surface area contributed by atoms with Gasteiger partial charge in [-0.1, -0.05) is 23.3 Å². The van der Waals surface area contributed by atoms with E-state index in [-0.39, 0.29) is 6.42 Å². The Morgan fingerprint density at radius 1 is 0.930 bits per heavy atom. The average molecular weight is 700 g/mol. The van der Waals surface area contributed by atoms with Gasteiger partial charge >= 0.3 is 36.8 Å². The van der Waals surface area contributed by atoms with Crippen LogP contribution in [0.1, 0.15) is 46.3 Å². The Bertz CT molecular complexity index is 1520. The predicted molar refractivity (Wildman–Crippen MR) is 144 cm³/mol. The molecule has 1 aliphatic heterocycles. The Kier molecular flexibility index (Phi) is 12.2. The van der Waals surface area contributed by atoms with Crippen LogP contribution in [0.15, 0.2) is 45.2 Å². The van der Waals surface area contributed by atoms with Crippen LogP contribution in [0.5, 0.6) is 0 Å². The summed E-state index contributed by atoms with van der Waals surface area (Å²) < 4.78 is 68.5. The summed E-state index contributed by atoms with van der Waals surface area (Å²) in [6, 6.07) is 0.701. The molecule has 5 atom stereocenters. The van der Waals surface area contributed by atoms with Crippen molar-refractivity contribution in [1.82, 2.24) is 9.55 Å². The molecule has 20 nitrogen and oxygen atoms in total. The molecule has 246 valence electrons. The molecule has 1 aliphatic rings. The van der Waals surface area contributed by atoms with Crippen molar-refractivity contribution in [3.63, 3.8) is 0 Å². The summed E-state index contributed by atoms with van der Waals surface area (Å²) in [5.41, 5.74) is -1.00. The van der Waals surface area contributed by atoms with Gasteiger partial charge in [0.2, 0.25) is 5.34 Å². The molecule has 0 spiro atoms. The third kappa shape index (κ3) is 10.9. The van der Waals surface area contributed by atoms with Gasteiger partial charge in [0, 0.05) is 18.7 Å². The van der Waals surface area contributed by atoms with Crippen LogP contribution in [-0.2, 0) is 36.6 Å². The highest BCUT2D eigenvalue weighted by atomic mass is 31.2. The Morgan fingerprint density at radius 2 is 1.49 bits per heavy atom. The van der Waals surface area contributed by atoms with Crippen LogP contribution in [0.4, 0.5) is 0 Å². The number of H-pyrrole nitrogens is 1. The molecular formula is C19H32N2O18P4. The second-order valence-corrected chi connectivity index (χ2v) is 15.0. The molecule has 0 amide bonds. The summed E-state index contributed by atoms with van der Waals surface area (Å²) in [5.74, 6) is 0. The van der Waals surface area contributed by atoms with Crippen molar-refractivity contribution in [2.75, 3.05) is 0 Å². The minimum atomic E-state index is -6.09. The fourth-order valence-corrected chi connectivity index (χ4v) is 7.45. The third-order valence-corrected chi connectivity index (χ3v) is 9.14. The lowest BCUT2D eigenvalue weighted by Crippen LogP contribution is -2.51. The first-order valence-electron chi connectivity index (χ1n) is 11.9. The molecule has 1 aromatic rings. The van der Waals surface area contributed by atoms with E-state index in [9.17, 15) is 67.0 Å². The smallest absolute Gasteiger partial charge is 0.345 e. The lowest BCUT2D eigenvalue weighted by molar-refractivity contribution is -0.106. The molecule has 43 heavy (non-hydrogen) atoms. The number of phosphoric ester groups is 3. The molecule has 1 unspecified atom stereocenters. The number of nitrogens with zero attached hydrogens (tertiary/aromatic N) is 1. The number of nitrogens with one attached hydrogen (secondary N) is 1. The largest absolute Gasteiger partial charge is 0.470 e. The van der Waals surface area contributed by atoms with Gasteiger partial charge < -0.3 is 43.9 Å². The first-order chi connectivity index (χ1) is 19.4. The standard InChI is InChI=1S/C19H32N2O18P4/c1-11(2)5-4-6-12(3)7-9-19(40(24,25)26,39-43(33,34)35)16-14(37-41(27,28)29)15(38-42(30,31)32)17(36-16)21-10-8-13(22)20-18(21)23/h5,7-8,10,14-17H,4,6,9H2,1-3H3,(H,20,22,23)(H2,24,25,26)(H2,27,28,29)(H2,30,31,32)(H2,33,34,35)/t14-,15+,16-,17+,19?/m0/s1. The van der Waals surface area contributed by atoms with Crippen molar-refractivity contribution in [2.24, 2.45) is 0 Å². The second-order valence-electron chi connectivity index (χ2n) is 9.63. The van der Waals surface area contributed by atoms with Gasteiger partial charge in [0.05, 0.1) is 0 Å². The first-order valence-corrected chi connectivity index (χ1v) is 18.1. The van der Waals surface area contributed by atoms with E-state index in [1.54, 1.807) is 4.98 Å². The maximum atomic E-state index is 13.0. The summed E-state index contributed by atoms with van der Waals surface area (Å²) in [4.78, 5) is 104. The molecule has 1 saturated heterocycles. The van der Waals surface area contributed by atoms with Gasteiger partial charge in [0.15, 0.2) is 6.23 Å². The number of phosphoric acid groups is 3. The van der Waals surface area contributed by atoms with Gasteiger partial charge in [-0.05, 0) is 33.6 Å². The zero-order chi connectivity index (χ0) is 33.2. The van der Waals surface area contributed by atoms with Gasteiger partial charge in [-0.15, -0.1) is 0 Å². The average Bonchev–Trinajstić information content (AvgIpc) is 3.09. The molecule has 24 heteroatoms. The fourth-order valence-electron chi connectivity index (χ4n) is 4.16. The Hall–Kier alpha value is -1.40. The van der Waals surface area contributed by atoms with Crippen molar-refractivity contribution in [2.45, 2.75) is 69.9 Å². The second kappa shape index (κ2) is 13.9. The number of rotatable bonds is 14. The number of hydrogen-bond acceptors (Lipinski definition) is 10. The molecule has 0 saturated carbocycles. The number of aromatic amines is 1. The molecule has 1 fully saturated rings. The Balaban J connectivity index is 2.89. The van der Waals surface area contributed by atoms with Crippen LogP contribution in [-0.4, -0.2) is 72.4 Å². The van der Waals surface area contributed by atoms with Gasteiger partial charge in [-0.3, -0.25) is 32.5 Å². The van der Waals surface area contributed by atoms with Gasteiger partial charge in [-0.25, -0.2) is 18.5 Å². The summed E-state index contributed by atoms with van der Waals surface area (Å²) in [5, 5.41) is -3.58. The van der Waals surface area contributed by atoms with Crippen molar-refractivity contribution in [1.29, 1.82) is 0 Å². The highest BCUT2D eigenvalue weighted by Gasteiger charge is 2.67. The summed E-state index contributed by atoms with van der Waals surface area (Å²) in [6.07, 6.45) is -7.10. The zero-order valence-corrected chi connectivity index (χ0v) is 26.2. The van der Waals surface area contributed by atoms with E-state index in [2.05, 4.69) is 13.6 Å². The lowest BCUT2D eigenvalue weighted by atomic mass is 10.00. The zero-order valence-electron chi connectivity index (χ0n) is 22.6. The van der Waals surface area contributed by atoms with Crippen LogP contribution >= 0.6 is 31.1 Å². The minimum absolute atomic E-state index is 0.269. The van der Waals surface area contributed by atoms with Crippen LogP contribution in [0.2, 0.25) is 0 Å². The number of allylic oxidation sites excluding steroid dienone is 3. The Labute approximate surface area is 242 Å². The quantitative estimate of drug-likeness (QED) is 0.0939. The number of hydrogen-bond donors (Lipinski definition) is 9. The summed E-state index contributed by atoms with van der Waals surface area (Å²) in [6.45, 7) is 5.11. The fraction of sp³-hybridized carbons (Fsp3) is 0.579. The molecular weight excluding hydrogens is 668 g/mol. The van der Waals surface area contributed by atoms with E-state index in [0.717, 1.165) is 11.6 Å². The molecule has 2 rings (SSSR count). The number of ether oxygens (including phenoxy) is 1. The Morgan fingerprint density at radius 3 is 1.95 bits per heavy atom. The molecule has 2 heterocycles. The molecule has 0 bridgehead atoms. The van der Waals surface area contributed by atoms with Crippen molar-refractivity contribution in [3.8, 4) is 0 Å². The normalized spacial score (nSPS) is 23.7. The molecule has 0 aliphatic carbocycles. The first kappa shape index (κ1) is 37.8. The van der Waals surface area contributed by atoms with E-state index < -0.39 is 78.6 Å². The van der Waals surface area contributed by atoms with E-state index in [4.69, 9.17) is 4.74 Å². The minimum Gasteiger partial charge on any atom is -0.345 e. The molecule has 0 radical (unpaired) electrons. The maximum absolute atomic E-state index is 13.0. The SMILES string of the molecule is CC(C)=CCCC(C)=CCC(OP(=O)(O)O)([C@H]1O[C@@H](n2ccc(=O)[nH]c2=O)[C@H](OP(=O)(O)O)[C@@H]1OP(=O)(O)O)P(=O)(O)O. The molecule has 9 N–H and O–H groups in total. The topological polar surface area (TPSA) is 322 Å². The van der Waals surface area contributed by atoms with Crippen molar-refractivity contribution < 1.29 is 75.7 Å². The number of aromatic nitrogens is 2.